The third-order valence-electron chi connectivity index (χ3n) is 5.18. The average molecular weight is 337 g/mol. The van der Waals surface area contributed by atoms with Gasteiger partial charge in [-0.05, 0) is 61.5 Å². The number of nitrogens with zero attached hydrogens (tertiary/aromatic N) is 1. The molecule has 0 saturated carbocycles. The first-order valence-corrected chi connectivity index (χ1v) is 8.68. The number of likely N-dealkylation sites (tertiary alicyclic amines) is 1. The molecule has 130 valence electrons. The van der Waals surface area contributed by atoms with Crippen molar-refractivity contribution in [1.29, 1.82) is 0 Å². The zero-order valence-corrected chi connectivity index (χ0v) is 14.4. The summed E-state index contributed by atoms with van der Waals surface area (Å²) in [7, 11) is 0. The fourth-order valence-corrected chi connectivity index (χ4v) is 3.77. The molecule has 2 aromatic carbocycles. The van der Waals surface area contributed by atoms with Crippen molar-refractivity contribution in [2.24, 2.45) is 0 Å². The molecule has 1 aliphatic rings. The van der Waals surface area contributed by atoms with E-state index < -0.39 is 5.97 Å². The first kappa shape index (κ1) is 17.4. The molecule has 4 nitrogen and oxygen atoms in total. The predicted octanol–water partition coefficient (Wildman–Crippen LogP) is 3.89. The van der Waals surface area contributed by atoms with Crippen molar-refractivity contribution in [3.8, 4) is 0 Å². The normalized spacial score (nSPS) is 15.9. The minimum absolute atomic E-state index is 0.0952. The topological polar surface area (TPSA) is 57.6 Å². The Labute approximate surface area is 148 Å². The van der Waals surface area contributed by atoms with Gasteiger partial charge in [0.2, 0.25) is 0 Å². The van der Waals surface area contributed by atoms with Crippen molar-refractivity contribution >= 4 is 12.3 Å². The molecule has 0 unspecified atom stereocenters. The quantitative estimate of drug-likeness (QED) is 0.841. The highest BCUT2D eigenvalue weighted by Gasteiger charge is 2.24. The third kappa shape index (κ3) is 3.80. The van der Waals surface area contributed by atoms with Crippen LogP contribution >= 0.6 is 0 Å². The van der Waals surface area contributed by atoms with Gasteiger partial charge in [0.1, 0.15) is 0 Å². The summed E-state index contributed by atoms with van der Waals surface area (Å²) in [5, 5.41) is 9.23. The zero-order valence-electron chi connectivity index (χ0n) is 14.4. The summed E-state index contributed by atoms with van der Waals surface area (Å²) < 4.78 is 0. The van der Waals surface area contributed by atoms with Crippen LogP contribution in [0.3, 0.4) is 0 Å². The number of hydrogen-bond acceptors (Lipinski definition) is 3. The maximum atomic E-state index is 11.4. The second-order valence-electron chi connectivity index (χ2n) is 6.70. The van der Waals surface area contributed by atoms with Crippen LogP contribution in [0.25, 0.3) is 0 Å². The van der Waals surface area contributed by atoms with Gasteiger partial charge in [0.05, 0.1) is 5.56 Å². The van der Waals surface area contributed by atoms with Crippen LogP contribution in [0.15, 0.2) is 42.5 Å². The van der Waals surface area contributed by atoms with Gasteiger partial charge >= 0.3 is 5.97 Å². The van der Waals surface area contributed by atoms with Gasteiger partial charge in [-0.3, -0.25) is 9.69 Å². The monoisotopic (exact) mass is 337 g/mol. The van der Waals surface area contributed by atoms with E-state index in [1.165, 1.54) is 5.56 Å². The van der Waals surface area contributed by atoms with E-state index in [2.05, 4.69) is 29.2 Å². The third-order valence-corrected chi connectivity index (χ3v) is 5.18. The predicted molar refractivity (Wildman–Crippen MR) is 97.2 cm³/mol. The number of hydrogen-bond donors (Lipinski definition) is 1. The fourth-order valence-electron chi connectivity index (χ4n) is 3.77. The number of carbonyl (C=O) groups is 2. The molecule has 1 N–H and O–H groups in total. The summed E-state index contributed by atoms with van der Waals surface area (Å²) in [6.07, 6.45) is 2.73. The summed E-state index contributed by atoms with van der Waals surface area (Å²) >= 11 is 0. The largest absolute Gasteiger partial charge is 0.478 e. The Morgan fingerprint density at radius 1 is 1.16 bits per heavy atom. The van der Waals surface area contributed by atoms with E-state index in [1.54, 1.807) is 6.07 Å². The molecule has 1 saturated heterocycles. The Bertz CT molecular complexity index is 762. The van der Waals surface area contributed by atoms with Crippen LogP contribution in [0.5, 0.6) is 0 Å². The molecule has 1 aliphatic heterocycles. The van der Waals surface area contributed by atoms with Gasteiger partial charge in [-0.15, -0.1) is 0 Å². The van der Waals surface area contributed by atoms with E-state index in [9.17, 15) is 14.7 Å². The first-order valence-electron chi connectivity index (χ1n) is 8.68. The molecule has 4 heteroatoms. The van der Waals surface area contributed by atoms with E-state index in [0.717, 1.165) is 43.6 Å². The average Bonchev–Trinajstić information content (AvgIpc) is 2.63. The lowest BCUT2D eigenvalue weighted by molar-refractivity contribution is 0.0693. The molecule has 0 amide bonds. The lowest BCUT2D eigenvalue weighted by Crippen LogP contribution is -2.32. The number of aldehydes is 1. The van der Waals surface area contributed by atoms with Gasteiger partial charge in [0.25, 0.3) is 0 Å². The van der Waals surface area contributed by atoms with Crippen LogP contribution in [-0.4, -0.2) is 35.4 Å². The highest BCUT2D eigenvalue weighted by Crippen LogP contribution is 2.32. The number of rotatable bonds is 5. The molecule has 3 rings (SSSR count). The van der Waals surface area contributed by atoms with Crippen molar-refractivity contribution < 1.29 is 14.7 Å². The van der Waals surface area contributed by atoms with Crippen LogP contribution in [0.1, 0.15) is 56.2 Å². The number of benzene rings is 2. The lowest BCUT2D eigenvalue weighted by atomic mass is 9.84. The molecule has 1 heterocycles. The molecule has 0 aromatic heterocycles. The molecule has 25 heavy (non-hydrogen) atoms. The number of carboxylic acid groups (broad SMARTS) is 1. The number of carboxylic acids is 1. The van der Waals surface area contributed by atoms with Gasteiger partial charge in [-0.25, -0.2) is 4.79 Å². The van der Waals surface area contributed by atoms with Gasteiger partial charge < -0.3 is 5.11 Å². The van der Waals surface area contributed by atoms with Crippen LogP contribution in [0.2, 0.25) is 0 Å². The maximum absolute atomic E-state index is 11.4. The Balaban J connectivity index is 1.71. The Kier molecular flexibility index (Phi) is 5.29. The van der Waals surface area contributed by atoms with Gasteiger partial charge in [-0.2, -0.15) is 0 Å². The molecular formula is C21H23NO3. The standard InChI is InChI=1S/C21H23NO3/c1-15-18(7-8-19(21(24)25)20(15)14-23)17-9-11-22(12-10-17)13-16-5-3-2-4-6-16/h2-8,14,17H,9-13H2,1H3,(H,24,25). The van der Waals surface area contributed by atoms with E-state index in [4.69, 9.17) is 0 Å². The molecule has 0 aliphatic carbocycles. The Hall–Kier alpha value is -2.46. The molecule has 0 radical (unpaired) electrons. The van der Waals surface area contributed by atoms with Crippen molar-refractivity contribution in [3.63, 3.8) is 0 Å². The van der Waals surface area contributed by atoms with Crippen molar-refractivity contribution in [2.45, 2.75) is 32.2 Å². The van der Waals surface area contributed by atoms with Crippen LogP contribution in [0.4, 0.5) is 0 Å². The molecule has 0 atom stereocenters. The maximum Gasteiger partial charge on any atom is 0.336 e. The molecule has 0 spiro atoms. The smallest absolute Gasteiger partial charge is 0.336 e. The van der Waals surface area contributed by atoms with Crippen LogP contribution in [-0.2, 0) is 6.54 Å². The van der Waals surface area contributed by atoms with Crippen LogP contribution < -0.4 is 0 Å². The molecule has 0 bridgehead atoms. The van der Waals surface area contributed by atoms with E-state index >= 15 is 0 Å². The van der Waals surface area contributed by atoms with Crippen molar-refractivity contribution in [3.05, 3.63) is 70.3 Å². The van der Waals surface area contributed by atoms with Crippen LogP contribution in [0, 0.1) is 6.92 Å². The zero-order chi connectivity index (χ0) is 17.8. The van der Waals surface area contributed by atoms with Gasteiger partial charge in [-0.1, -0.05) is 36.4 Å². The summed E-state index contributed by atoms with van der Waals surface area (Å²) in [6.45, 7) is 4.85. The second-order valence-corrected chi connectivity index (χ2v) is 6.70. The number of aromatic carboxylic acids is 1. The number of piperidine rings is 1. The summed E-state index contributed by atoms with van der Waals surface area (Å²) in [6, 6.07) is 13.9. The molecule has 1 fully saturated rings. The highest BCUT2D eigenvalue weighted by molar-refractivity contribution is 5.98. The first-order chi connectivity index (χ1) is 12.1. The highest BCUT2D eigenvalue weighted by atomic mass is 16.4. The Morgan fingerprint density at radius 2 is 1.84 bits per heavy atom. The van der Waals surface area contributed by atoms with E-state index in [0.29, 0.717) is 17.8 Å². The van der Waals surface area contributed by atoms with Gasteiger partial charge in [0, 0.05) is 12.1 Å². The summed E-state index contributed by atoms with van der Waals surface area (Å²) in [5.74, 6) is -0.664. The number of carbonyl (C=O) groups excluding carboxylic acids is 1. The second kappa shape index (κ2) is 7.62. The van der Waals surface area contributed by atoms with E-state index in [1.807, 2.05) is 19.1 Å². The lowest BCUT2D eigenvalue weighted by Gasteiger charge is -2.33. The van der Waals surface area contributed by atoms with Gasteiger partial charge in [0.15, 0.2) is 6.29 Å². The Morgan fingerprint density at radius 3 is 2.44 bits per heavy atom. The van der Waals surface area contributed by atoms with Crippen molar-refractivity contribution in [2.75, 3.05) is 13.1 Å². The van der Waals surface area contributed by atoms with E-state index in [-0.39, 0.29) is 5.56 Å². The minimum atomic E-state index is -1.05. The molecule has 2 aromatic rings. The molecular weight excluding hydrogens is 314 g/mol. The SMILES string of the molecule is Cc1c(C2CCN(Cc3ccccc3)CC2)ccc(C(=O)O)c1C=O. The van der Waals surface area contributed by atoms with Crippen molar-refractivity contribution in [1.82, 2.24) is 4.90 Å². The fraction of sp³-hybridized carbons (Fsp3) is 0.333. The summed E-state index contributed by atoms with van der Waals surface area (Å²) in [4.78, 5) is 25.1. The summed E-state index contributed by atoms with van der Waals surface area (Å²) in [5.41, 5.74) is 3.67. The minimum Gasteiger partial charge on any atom is -0.478 e.